The third-order valence-corrected chi connectivity index (χ3v) is 8.89. The predicted octanol–water partition coefficient (Wildman–Crippen LogP) is 11.4. The number of nitrogens with zero attached hydrogens (tertiary/aromatic N) is 1. The van der Waals surface area contributed by atoms with Crippen molar-refractivity contribution in [2.24, 2.45) is 16.7 Å². The number of aromatic nitrogens is 1. The van der Waals surface area contributed by atoms with Crippen molar-refractivity contribution in [3.8, 4) is 11.3 Å². The SMILES string of the molecule is CC(C)(C)C(=O)C=C(O)C(C)(C)C.Cc1[c-]c(-c2ncc(C)c3cc(C(C)C4CCCCC4)ccc23)cc(C(C)(C)C)c1.[Ir]. The van der Waals surface area contributed by atoms with Crippen LogP contribution in [0.2, 0.25) is 0 Å². The Labute approximate surface area is 281 Å². The maximum atomic E-state index is 11.5. The summed E-state index contributed by atoms with van der Waals surface area (Å²) in [4.78, 5) is 16.4. The molecule has 0 bridgehead atoms. The molecule has 1 N–H and O–H groups in total. The summed E-state index contributed by atoms with van der Waals surface area (Å²) in [5, 5.41) is 12.1. The second kappa shape index (κ2) is 14.9. The second-order valence-electron chi connectivity index (χ2n) is 15.9. The number of aliphatic hydroxyl groups is 1. The van der Waals surface area contributed by atoms with Gasteiger partial charge < -0.3 is 10.1 Å². The molecule has 44 heavy (non-hydrogen) atoms. The summed E-state index contributed by atoms with van der Waals surface area (Å²) in [5.41, 5.74) is 6.77. The summed E-state index contributed by atoms with van der Waals surface area (Å²) in [7, 11) is 0. The van der Waals surface area contributed by atoms with Gasteiger partial charge in [0.25, 0.3) is 0 Å². The third-order valence-electron chi connectivity index (χ3n) is 8.89. The zero-order valence-corrected chi connectivity index (χ0v) is 31.8. The van der Waals surface area contributed by atoms with Crippen LogP contribution in [-0.4, -0.2) is 15.9 Å². The van der Waals surface area contributed by atoms with Crippen molar-refractivity contribution in [1.29, 1.82) is 0 Å². The molecule has 1 atom stereocenters. The molecular formula is C40H56IrNO2-. The number of ketones is 1. The van der Waals surface area contributed by atoms with Crippen LogP contribution in [0.15, 0.2) is 48.4 Å². The molecule has 4 heteroatoms. The third kappa shape index (κ3) is 9.85. The molecule has 1 aliphatic rings. The summed E-state index contributed by atoms with van der Waals surface area (Å²) in [6, 6.07) is 15.2. The number of allylic oxidation sites excluding steroid dienone is 2. The van der Waals surface area contributed by atoms with Crippen LogP contribution < -0.4 is 0 Å². The van der Waals surface area contributed by atoms with Crippen molar-refractivity contribution in [1.82, 2.24) is 4.98 Å². The van der Waals surface area contributed by atoms with Crippen molar-refractivity contribution in [3.63, 3.8) is 0 Å². The largest absolute Gasteiger partial charge is 0.512 e. The number of aryl methyl sites for hydroxylation is 2. The van der Waals surface area contributed by atoms with Crippen molar-refractivity contribution in [2.45, 2.75) is 127 Å². The molecule has 0 aliphatic heterocycles. The summed E-state index contributed by atoms with van der Waals surface area (Å²) in [6.07, 6.45) is 10.4. The number of carbonyl (C=O) groups is 1. The van der Waals surface area contributed by atoms with Gasteiger partial charge in [-0.25, -0.2) is 0 Å². The first-order valence-corrected chi connectivity index (χ1v) is 16.2. The Hall–Kier alpha value is -2.29. The Kier molecular flexibility index (Phi) is 12.8. The Balaban J connectivity index is 0.000000412. The van der Waals surface area contributed by atoms with Crippen LogP contribution in [-0.2, 0) is 30.3 Å². The molecule has 1 fully saturated rings. The second-order valence-corrected chi connectivity index (χ2v) is 15.9. The summed E-state index contributed by atoms with van der Waals surface area (Å²) in [6.45, 7) is 24.7. The summed E-state index contributed by atoms with van der Waals surface area (Å²) in [5.74, 6) is 1.56. The molecule has 1 aliphatic carbocycles. The molecule has 3 nitrogen and oxygen atoms in total. The van der Waals surface area contributed by atoms with E-state index in [1.807, 2.05) is 47.7 Å². The van der Waals surface area contributed by atoms with Gasteiger partial charge in [0.1, 0.15) is 5.76 Å². The molecule has 0 saturated heterocycles. The number of fused-ring (bicyclic) bond motifs is 1. The number of pyridine rings is 1. The average Bonchev–Trinajstić information content (AvgIpc) is 2.91. The molecule has 243 valence electrons. The Morgan fingerprint density at radius 3 is 2.07 bits per heavy atom. The molecule has 3 aromatic rings. The molecule has 1 saturated carbocycles. The van der Waals surface area contributed by atoms with Gasteiger partial charge in [0.05, 0.1) is 0 Å². The first-order valence-electron chi connectivity index (χ1n) is 16.2. The van der Waals surface area contributed by atoms with E-state index < -0.39 is 5.41 Å². The number of hydrogen-bond donors (Lipinski definition) is 1. The Bertz CT molecular complexity index is 1460. The van der Waals surface area contributed by atoms with Gasteiger partial charge in [0.2, 0.25) is 0 Å². The molecule has 0 amide bonds. The number of carbonyl (C=O) groups excluding carboxylic acids is 1. The zero-order chi connectivity index (χ0) is 32.3. The minimum atomic E-state index is -0.417. The molecular weight excluding hydrogens is 719 g/mol. The van der Waals surface area contributed by atoms with Gasteiger partial charge >= 0.3 is 0 Å². The Morgan fingerprint density at radius 1 is 0.909 bits per heavy atom. The molecule has 4 rings (SSSR count). The fourth-order valence-corrected chi connectivity index (χ4v) is 5.63. The van der Waals surface area contributed by atoms with E-state index in [-0.39, 0.29) is 42.5 Å². The molecule has 1 heterocycles. The van der Waals surface area contributed by atoms with Crippen LogP contribution in [0.4, 0.5) is 0 Å². The van der Waals surface area contributed by atoms with E-state index in [0.29, 0.717) is 5.92 Å². The van der Waals surface area contributed by atoms with Crippen molar-refractivity contribution >= 4 is 16.6 Å². The summed E-state index contributed by atoms with van der Waals surface area (Å²) >= 11 is 0. The normalized spacial score (nSPS) is 15.7. The van der Waals surface area contributed by atoms with Crippen LogP contribution in [0.1, 0.15) is 130 Å². The smallest absolute Gasteiger partial charge is 0.164 e. The van der Waals surface area contributed by atoms with Crippen molar-refractivity contribution in [3.05, 3.63) is 76.7 Å². The quantitative estimate of drug-likeness (QED) is 0.163. The fraction of sp³-hybridized carbons (Fsp3) is 0.550. The first-order chi connectivity index (χ1) is 19.8. The summed E-state index contributed by atoms with van der Waals surface area (Å²) < 4.78 is 0. The molecule has 0 spiro atoms. The minimum absolute atomic E-state index is 0. The van der Waals surface area contributed by atoms with E-state index in [4.69, 9.17) is 4.98 Å². The van der Waals surface area contributed by atoms with E-state index in [1.165, 1.54) is 71.2 Å². The minimum Gasteiger partial charge on any atom is -0.512 e. The van der Waals surface area contributed by atoms with Crippen LogP contribution in [0.5, 0.6) is 0 Å². The number of hydrogen-bond acceptors (Lipinski definition) is 3. The molecule has 2 aromatic carbocycles. The van der Waals surface area contributed by atoms with E-state index in [2.05, 4.69) is 77.9 Å². The van der Waals surface area contributed by atoms with Crippen LogP contribution in [0.3, 0.4) is 0 Å². The van der Waals surface area contributed by atoms with E-state index in [9.17, 15) is 9.90 Å². The monoisotopic (exact) mass is 775 g/mol. The van der Waals surface area contributed by atoms with E-state index in [0.717, 1.165) is 17.2 Å². The zero-order valence-electron chi connectivity index (χ0n) is 29.4. The molecule has 1 aromatic heterocycles. The van der Waals surface area contributed by atoms with Gasteiger partial charge in [-0.15, -0.1) is 34.9 Å². The van der Waals surface area contributed by atoms with Gasteiger partial charge in [0, 0.05) is 43.2 Å². The van der Waals surface area contributed by atoms with E-state index >= 15 is 0 Å². The van der Waals surface area contributed by atoms with E-state index in [1.54, 1.807) is 0 Å². The maximum absolute atomic E-state index is 11.5. The fourth-order valence-electron chi connectivity index (χ4n) is 5.63. The van der Waals surface area contributed by atoms with Crippen molar-refractivity contribution in [2.75, 3.05) is 0 Å². The standard InChI is InChI=1S/C29H36N.C11H20O2.Ir/c1-19-14-24(16-25(15-19)29(4,5)6)28-26-13-12-23(17-27(26)20(2)18-30-28)21(3)22-10-8-7-9-11-22;1-10(2,3)8(12)7-9(13)11(4,5)6;/h12-13,15-18,21-22H,7-11H2,1-6H3;7,12H,1-6H3;/q-1;;. The van der Waals surface area contributed by atoms with Crippen LogP contribution >= 0.6 is 0 Å². The van der Waals surface area contributed by atoms with Crippen LogP contribution in [0.25, 0.3) is 22.0 Å². The topological polar surface area (TPSA) is 50.2 Å². The van der Waals surface area contributed by atoms with Gasteiger partial charge in [-0.3, -0.25) is 4.79 Å². The van der Waals surface area contributed by atoms with Gasteiger partial charge in [-0.2, -0.15) is 0 Å². The van der Waals surface area contributed by atoms with Crippen LogP contribution in [0, 0.1) is 36.7 Å². The van der Waals surface area contributed by atoms with Gasteiger partial charge in [0.15, 0.2) is 5.78 Å². The molecule has 1 unspecified atom stereocenters. The van der Waals surface area contributed by atoms with Gasteiger partial charge in [-0.05, 0) is 64.6 Å². The van der Waals surface area contributed by atoms with Crippen molar-refractivity contribution < 1.29 is 30.0 Å². The number of rotatable bonds is 4. The van der Waals surface area contributed by atoms with Gasteiger partial charge in [-0.1, -0.05) is 114 Å². The number of aliphatic hydroxyl groups excluding tert-OH is 1. The average molecular weight is 775 g/mol. The predicted molar refractivity (Wildman–Crippen MR) is 184 cm³/mol. The Morgan fingerprint density at radius 2 is 1.52 bits per heavy atom. The maximum Gasteiger partial charge on any atom is 0.164 e. The molecule has 1 radical (unpaired) electrons. The first kappa shape index (κ1) is 37.9. The number of benzene rings is 2.